The molecular weight excluding hydrogens is 180 g/mol. The molecule has 1 aliphatic carbocycles. The van der Waals surface area contributed by atoms with Gasteiger partial charge in [-0.25, -0.2) is 4.89 Å². The molecule has 0 aliphatic heterocycles. The fourth-order valence-corrected chi connectivity index (χ4v) is 1.48. The van der Waals surface area contributed by atoms with E-state index in [4.69, 9.17) is 10.4 Å². The van der Waals surface area contributed by atoms with Crippen LogP contribution in [0.1, 0.15) is 12.8 Å². The molecule has 6 nitrogen and oxygen atoms in total. The molecule has 0 saturated heterocycles. The maximum atomic E-state index is 10.5. The standard InChI is InChI=1S/C7H12O6/c8-3-7(13-12)1-4(9)6(11)5(10)2-7/h3-6,9-12H,1-2H2/t4-,5-,6?,7?/m1/s1. The molecule has 0 aromatic heterocycles. The number of carbonyl (C=O) groups is 1. The Labute approximate surface area is 74.3 Å². The zero-order valence-corrected chi connectivity index (χ0v) is 6.83. The summed E-state index contributed by atoms with van der Waals surface area (Å²) in [5, 5.41) is 35.9. The van der Waals surface area contributed by atoms with Gasteiger partial charge in [0.05, 0.1) is 12.2 Å². The molecule has 0 radical (unpaired) electrons. The quantitative estimate of drug-likeness (QED) is 0.236. The second-order valence-electron chi connectivity index (χ2n) is 3.31. The monoisotopic (exact) mass is 192 g/mol. The highest BCUT2D eigenvalue weighted by atomic mass is 17.1. The van der Waals surface area contributed by atoms with Crippen LogP contribution in [0.3, 0.4) is 0 Å². The van der Waals surface area contributed by atoms with Crippen molar-refractivity contribution in [3.8, 4) is 0 Å². The summed E-state index contributed by atoms with van der Waals surface area (Å²) in [7, 11) is 0. The van der Waals surface area contributed by atoms with Gasteiger partial charge in [0.1, 0.15) is 6.10 Å². The molecule has 1 aliphatic rings. The zero-order chi connectivity index (χ0) is 10.1. The van der Waals surface area contributed by atoms with Crippen LogP contribution in [0.2, 0.25) is 0 Å². The average molecular weight is 192 g/mol. The van der Waals surface area contributed by atoms with E-state index in [0.29, 0.717) is 6.29 Å². The van der Waals surface area contributed by atoms with Crippen LogP contribution in [-0.4, -0.2) is 50.8 Å². The Morgan fingerprint density at radius 1 is 1.23 bits per heavy atom. The summed E-state index contributed by atoms with van der Waals surface area (Å²) in [5.74, 6) is 0. The molecule has 1 fully saturated rings. The van der Waals surface area contributed by atoms with Crippen LogP contribution >= 0.6 is 0 Å². The third-order valence-corrected chi connectivity index (χ3v) is 2.29. The predicted octanol–water partition coefficient (Wildman–Crippen LogP) is -1.71. The highest BCUT2D eigenvalue weighted by Gasteiger charge is 2.46. The number of aliphatic hydroxyl groups excluding tert-OH is 3. The van der Waals surface area contributed by atoms with Crippen molar-refractivity contribution in [1.82, 2.24) is 0 Å². The van der Waals surface area contributed by atoms with E-state index in [-0.39, 0.29) is 12.8 Å². The van der Waals surface area contributed by atoms with E-state index < -0.39 is 23.9 Å². The molecule has 0 bridgehead atoms. The largest absolute Gasteiger partial charge is 0.390 e. The van der Waals surface area contributed by atoms with E-state index in [1.807, 2.05) is 0 Å². The van der Waals surface area contributed by atoms with Gasteiger partial charge in [-0.1, -0.05) is 0 Å². The predicted molar refractivity (Wildman–Crippen MR) is 39.8 cm³/mol. The van der Waals surface area contributed by atoms with Crippen LogP contribution in [0.25, 0.3) is 0 Å². The van der Waals surface area contributed by atoms with Gasteiger partial charge in [-0.05, 0) is 0 Å². The second kappa shape index (κ2) is 3.69. The molecule has 0 amide bonds. The van der Waals surface area contributed by atoms with E-state index in [1.54, 1.807) is 0 Å². The highest BCUT2D eigenvalue weighted by molar-refractivity contribution is 5.63. The van der Waals surface area contributed by atoms with Crippen molar-refractivity contribution in [3.63, 3.8) is 0 Å². The molecule has 1 saturated carbocycles. The topological polar surface area (TPSA) is 107 Å². The fourth-order valence-electron chi connectivity index (χ4n) is 1.48. The molecule has 0 unspecified atom stereocenters. The Bertz CT molecular complexity index is 181. The lowest BCUT2D eigenvalue weighted by molar-refractivity contribution is -0.329. The number of aldehydes is 1. The summed E-state index contributed by atoms with van der Waals surface area (Å²) in [4.78, 5) is 14.4. The molecule has 6 heteroatoms. The maximum absolute atomic E-state index is 10.5. The first kappa shape index (κ1) is 10.6. The van der Waals surface area contributed by atoms with Gasteiger partial charge in [0, 0.05) is 12.8 Å². The molecule has 0 aromatic carbocycles. The summed E-state index contributed by atoms with van der Waals surface area (Å²) in [6, 6.07) is 0. The molecule has 2 atom stereocenters. The second-order valence-corrected chi connectivity index (χ2v) is 3.31. The Morgan fingerprint density at radius 3 is 2.00 bits per heavy atom. The molecule has 0 aromatic rings. The van der Waals surface area contributed by atoms with Crippen molar-refractivity contribution >= 4 is 6.29 Å². The summed E-state index contributed by atoms with van der Waals surface area (Å²) < 4.78 is 0. The van der Waals surface area contributed by atoms with E-state index in [1.165, 1.54) is 0 Å². The minimum Gasteiger partial charge on any atom is -0.390 e. The summed E-state index contributed by atoms with van der Waals surface area (Å²) in [6.07, 6.45) is -4.01. The van der Waals surface area contributed by atoms with E-state index in [0.717, 1.165) is 0 Å². The van der Waals surface area contributed by atoms with Gasteiger partial charge in [-0.2, -0.15) is 0 Å². The van der Waals surface area contributed by atoms with Crippen LogP contribution in [0.15, 0.2) is 0 Å². The number of carbonyl (C=O) groups excluding carboxylic acids is 1. The Balaban J connectivity index is 2.77. The molecule has 1 rings (SSSR count). The third-order valence-electron chi connectivity index (χ3n) is 2.29. The number of hydrogen-bond donors (Lipinski definition) is 4. The van der Waals surface area contributed by atoms with Gasteiger partial charge in [0.15, 0.2) is 11.9 Å². The minimum atomic E-state index is -1.60. The first-order valence-electron chi connectivity index (χ1n) is 3.88. The Morgan fingerprint density at radius 2 is 1.69 bits per heavy atom. The van der Waals surface area contributed by atoms with Crippen molar-refractivity contribution in [2.75, 3.05) is 0 Å². The molecule has 0 heterocycles. The summed E-state index contributed by atoms with van der Waals surface area (Å²) >= 11 is 0. The van der Waals surface area contributed by atoms with Crippen molar-refractivity contribution in [1.29, 1.82) is 0 Å². The van der Waals surface area contributed by atoms with Gasteiger partial charge in [-0.15, -0.1) is 0 Å². The number of hydrogen-bond acceptors (Lipinski definition) is 6. The third kappa shape index (κ3) is 1.87. The number of aliphatic hydroxyl groups is 3. The fraction of sp³-hybridized carbons (Fsp3) is 0.857. The Kier molecular flexibility index (Phi) is 2.99. The van der Waals surface area contributed by atoms with E-state index in [9.17, 15) is 15.0 Å². The highest BCUT2D eigenvalue weighted by Crippen LogP contribution is 2.30. The summed E-state index contributed by atoms with van der Waals surface area (Å²) in [5.41, 5.74) is -1.60. The lowest BCUT2D eigenvalue weighted by Crippen LogP contribution is -2.54. The molecule has 13 heavy (non-hydrogen) atoms. The van der Waals surface area contributed by atoms with Gasteiger partial charge in [0.25, 0.3) is 0 Å². The SMILES string of the molecule is O=CC1(OO)C[C@@H](O)C(O)[C@H](O)C1. The first-order valence-corrected chi connectivity index (χ1v) is 3.88. The van der Waals surface area contributed by atoms with Crippen molar-refractivity contribution < 1.29 is 30.3 Å². The molecule has 4 N–H and O–H groups in total. The normalized spacial score (nSPS) is 46.0. The van der Waals surface area contributed by atoms with Crippen molar-refractivity contribution in [2.45, 2.75) is 36.8 Å². The van der Waals surface area contributed by atoms with Crippen LogP contribution in [0.5, 0.6) is 0 Å². The van der Waals surface area contributed by atoms with Gasteiger partial charge < -0.3 is 15.3 Å². The zero-order valence-electron chi connectivity index (χ0n) is 6.83. The molecular formula is C7H12O6. The van der Waals surface area contributed by atoms with E-state index in [2.05, 4.69) is 4.89 Å². The van der Waals surface area contributed by atoms with E-state index >= 15 is 0 Å². The van der Waals surface area contributed by atoms with Crippen molar-refractivity contribution in [3.05, 3.63) is 0 Å². The first-order chi connectivity index (χ1) is 6.04. The number of rotatable bonds is 2. The van der Waals surface area contributed by atoms with Gasteiger partial charge in [-0.3, -0.25) is 10.1 Å². The van der Waals surface area contributed by atoms with Gasteiger partial charge in [0.2, 0.25) is 0 Å². The maximum Gasteiger partial charge on any atom is 0.163 e. The lowest BCUT2D eigenvalue weighted by atomic mass is 9.80. The molecule has 0 spiro atoms. The lowest BCUT2D eigenvalue weighted by Gasteiger charge is -2.37. The van der Waals surface area contributed by atoms with Crippen molar-refractivity contribution in [2.24, 2.45) is 0 Å². The van der Waals surface area contributed by atoms with Crippen LogP contribution in [0.4, 0.5) is 0 Å². The average Bonchev–Trinajstić information content (AvgIpc) is 2.13. The minimum absolute atomic E-state index is 0.231. The van der Waals surface area contributed by atoms with Gasteiger partial charge >= 0.3 is 0 Å². The van der Waals surface area contributed by atoms with Crippen LogP contribution < -0.4 is 0 Å². The van der Waals surface area contributed by atoms with Crippen LogP contribution in [-0.2, 0) is 9.68 Å². The summed E-state index contributed by atoms with van der Waals surface area (Å²) in [6.45, 7) is 0. The van der Waals surface area contributed by atoms with Crippen LogP contribution in [0, 0.1) is 0 Å². The smallest absolute Gasteiger partial charge is 0.163 e. The Hall–Kier alpha value is -0.530. The molecule has 76 valence electrons.